The van der Waals surface area contributed by atoms with Gasteiger partial charge >= 0.3 is 23.5 Å². The first-order chi connectivity index (χ1) is 13.8. The molecule has 3 rings (SSSR count). The summed E-state index contributed by atoms with van der Waals surface area (Å²) in [5.74, 6) is 0. The lowest BCUT2D eigenvalue weighted by Crippen LogP contribution is -2.20. The van der Waals surface area contributed by atoms with Crippen molar-refractivity contribution in [1.82, 2.24) is 19.5 Å². The Morgan fingerprint density at radius 2 is 1.87 bits per heavy atom. The zero-order valence-corrected chi connectivity index (χ0v) is 17.2. The molecule has 0 bridgehead atoms. The van der Waals surface area contributed by atoms with Crippen LogP contribution < -0.4 is 5.56 Å². The second-order valence-electron chi connectivity index (χ2n) is 5.89. The molecule has 17 nitrogen and oxygen atoms in total. The normalized spacial score (nSPS) is 26.5. The maximum absolute atomic E-state index is 11.7. The summed E-state index contributed by atoms with van der Waals surface area (Å²) in [6, 6.07) is 0. The molecular weight excluding hydrogens is 477 g/mol. The van der Waals surface area contributed by atoms with Crippen LogP contribution in [0.5, 0.6) is 0 Å². The smallest absolute Gasteiger partial charge is 0.388 e. The van der Waals surface area contributed by atoms with Gasteiger partial charge in [-0.2, -0.15) is 8.62 Å². The lowest BCUT2D eigenvalue weighted by Gasteiger charge is -2.18. The van der Waals surface area contributed by atoms with E-state index < -0.39 is 54.1 Å². The average Bonchev–Trinajstić information content (AvgIpc) is 3.13. The fraction of sp³-hybridized carbons (Fsp3) is 0.500. The molecule has 1 aliphatic heterocycles. The highest BCUT2D eigenvalue weighted by Gasteiger charge is 2.42. The van der Waals surface area contributed by atoms with Gasteiger partial charge in [0.05, 0.1) is 25.4 Å². The molecule has 0 radical (unpaired) electrons. The minimum Gasteiger partial charge on any atom is -0.388 e. The molecule has 0 spiro atoms. The van der Waals surface area contributed by atoms with Crippen LogP contribution in [0.1, 0.15) is 12.6 Å². The maximum atomic E-state index is 11.7. The molecule has 1 saturated heterocycles. The Labute approximate surface area is 165 Å². The molecular formula is C10H15N4O13P3. The van der Waals surface area contributed by atoms with Crippen molar-refractivity contribution in [2.45, 2.75) is 24.9 Å². The van der Waals surface area contributed by atoms with Crippen LogP contribution in [0.25, 0.3) is 11.2 Å². The van der Waals surface area contributed by atoms with Crippen LogP contribution in [0.4, 0.5) is 0 Å². The minimum atomic E-state index is -5.64. The standard InChI is InChI=1S/C10H15N4O13P3/c15-6-1-5(2-24-29(20,21)27-30(22,23)26-28(17,18)19)25-10(6)14-4-13-7-8(14)11-3-12-9(7)16/h3-6,10,15H,1-2H2,(H,20,21)(H,22,23)(H,11,12,16)(H2,17,18,19). The molecule has 3 heterocycles. The van der Waals surface area contributed by atoms with Gasteiger partial charge in [0.1, 0.15) is 6.10 Å². The van der Waals surface area contributed by atoms with E-state index in [9.17, 15) is 28.5 Å². The molecule has 6 N–H and O–H groups in total. The Hall–Kier alpha value is -1.32. The summed E-state index contributed by atoms with van der Waals surface area (Å²) in [6.07, 6.45) is -1.07. The van der Waals surface area contributed by atoms with Gasteiger partial charge < -0.3 is 34.4 Å². The number of aromatic nitrogens is 4. The van der Waals surface area contributed by atoms with E-state index in [4.69, 9.17) is 19.4 Å². The summed E-state index contributed by atoms with van der Waals surface area (Å²) < 4.78 is 52.0. The van der Waals surface area contributed by atoms with E-state index >= 15 is 0 Å². The van der Waals surface area contributed by atoms with Gasteiger partial charge in [0.15, 0.2) is 17.4 Å². The fourth-order valence-electron chi connectivity index (χ4n) is 2.62. The Morgan fingerprint density at radius 3 is 2.53 bits per heavy atom. The summed E-state index contributed by atoms with van der Waals surface area (Å²) in [6.45, 7) is -0.724. The lowest BCUT2D eigenvalue weighted by atomic mass is 10.2. The number of phosphoric acid groups is 3. The first-order valence-electron chi connectivity index (χ1n) is 7.78. The molecule has 2 aromatic rings. The van der Waals surface area contributed by atoms with Crippen molar-refractivity contribution in [3.63, 3.8) is 0 Å². The van der Waals surface area contributed by atoms with Crippen molar-refractivity contribution in [2.24, 2.45) is 0 Å². The quantitative estimate of drug-likeness (QED) is 0.244. The largest absolute Gasteiger partial charge is 0.490 e. The predicted octanol–water partition coefficient (Wildman–Crippen LogP) is -0.889. The van der Waals surface area contributed by atoms with E-state index in [0.717, 1.165) is 6.33 Å². The Kier molecular flexibility index (Phi) is 6.47. The number of hydrogen-bond acceptors (Lipinski definition) is 11. The highest BCUT2D eigenvalue weighted by Crippen LogP contribution is 2.66. The Bertz CT molecular complexity index is 1130. The third-order valence-electron chi connectivity index (χ3n) is 3.64. The molecule has 1 fully saturated rings. The molecule has 5 unspecified atom stereocenters. The van der Waals surface area contributed by atoms with E-state index in [1.54, 1.807) is 0 Å². The molecule has 1 aliphatic rings. The zero-order chi connectivity index (χ0) is 22.3. The molecule has 168 valence electrons. The van der Waals surface area contributed by atoms with Crippen molar-refractivity contribution in [3.05, 3.63) is 23.0 Å². The molecule has 0 amide bonds. The zero-order valence-electron chi connectivity index (χ0n) is 14.5. The van der Waals surface area contributed by atoms with Gasteiger partial charge in [0.2, 0.25) is 0 Å². The summed E-state index contributed by atoms with van der Waals surface area (Å²) in [5, 5.41) is 10.2. The molecule has 0 aromatic carbocycles. The highest BCUT2D eigenvalue weighted by molar-refractivity contribution is 7.66. The van der Waals surface area contributed by atoms with Crippen LogP contribution in [-0.2, 0) is 31.6 Å². The number of hydrogen-bond donors (Lipinski definition) is 6. The van der Waals surface area contributed by atoms with Gasteiger partial charge in [0.25, 0.3) is 5.56 Å². The third kappa shape index (κ3) is 5.68. The van der Waals surface area contributed by atoms with E-state index in [1.807, 2.05) is 0 Å². The summed E-state index contributed by atoms with van der Waals surface area (Å²) in [4.78, 5) is 57.3. The molecule has 0 aliphatic carbocycles. The molecule has 30 heavy (non-hydrogen) atoms. The monoisotopic (exact) mass is 492 g/mol. The van der Waals surface area contributed by atoms with Crippen molar-refractivity contribution in [3.8, 4) is 0 Å². The fourth-order valence-corrected chi connectivity index (χ4v) is 5.67. The van der Waals surface area contributed by atoms with Gasteiger partial charge in [-0.3, -0.25) is 13.9 Å². The first-order valence-corrected chi connectivity index (χ1v) is 12.3. The molecule has 0 saturated carbocycles. The number of nitrogens with one attached hydrogen (secondary N) is 1. The number of aliphatic hydroxyl groups excluding tert-OH is 1. The number of imidazole rings is 1. The van der Waals surface area contributed by atoms with Gasteiger partial charge in [-0.15, -0.1) is 0 Å². The number of nitrogens with zero attached hydrogens (tertiary/aromatic N) is 3. The van der Waals surface area contributed by atoms with Crippen LogP contribution in [0.3, 0.4) is 0 Å². The van der Waals surface area contributed by atoms with Gasteiger partial charge in [0, 0.05) is 6.42 Å². The van der Waals surface area contributed by atoms with Gasteiger partial charge in [-0.25, -0.2) is 23.7 Å². The Morgan fingerprint density at radius 1 is 1.17 bits per heavy atom. The van der Waals surface area contributed by atoms with Crippen molar-refractivity contribution in [2.75, 3.05) is 6.61 Å². The number of aromatic amines is 1. The van der Waals surface area contributed by atoms with E-state index in [1.165, 1.54) is 10.9 Å². The summed E-state index contributed by atoms with van der Waals surface area (Å²) >= 11 is 0. The number of ether oxygens (including phenoxy) is 1. The number of H-pyrrole nitrogens is 1. The van der Waals surface area contributed by atoms with Crippen molar-refractivity contribution in [1.29, 1.82) is 0 Å². The second kappa shape index (κ2) is 8.31. The summed E-state index contributed by atoms with van der Waals surface area (Å²) in [5.41, 5.74) is -0.420. The number of aliphatic hydroxyl groups is 1. The van der Waals surface area contributed by atoms with E-state index in [2.05, 4.69) is 28.1 Å². The van der Waals surface area contributed by atoms with Gasteiger partial charge in [-0.1, -0.05) is 0 Å². The third-order valence-corrected chi connectivity index (χ3v) is 7.45. The summed E-state index contributed by atoms with van der Waals surface area (Å²) in [7, 11) is -16.5. The minimum absolute atomic E-state index is 0.00925. The van der Waals surface area contributed by atoms with Crippen molar-refractivity contribution < 1.29 is 56.3 Å². The van der Waals surface area contributed by atoms with Crippen LogP contribution in [-0.4, -0.2) is 63.0 Å². The number of rotatable bonds is 8. The van der Waals surface area contributed by atoms with Crippen LogP contribution in [0, 0.1) is 0 Å². The number of fused-ring (bicyclic) bond motifs is 1. The SMILES string of the molecule is O=c1[nH]cnc2c1ncn2C1OC(COP(=O)(O)OP(=O)(O)OP(=O)(O)O)CC1O. The second-order valence-corrected chi connectivity index (χ2v) is 10.3. The van der Waals surface area contributed by atoms with Crippen molar-refractivity contribution >= 4 is 34.6 Å². The van der Waals surface area contributed by atoms with E-state index in [-0.39, 0.29) is 17.6 Å². The Balaban J connectivity index is 1.64. The van der Waals surface area contributed by atoms with Crippen LogP contribution >= 0.6 is 23.5 Å². The molecule has 20 heteroatoms. The van der Waals surface area contributed by atoms with Gasteiger partial charge in [-0.05, 0) is 0 Å². The van der Waals surface area contributed by atoms with E-state index in [0.29, 0.717) is 0 Å². The highest BCUT2D eigenvalue weighted by atomic mass is 31.3. The number of phosphoric ester groups is 1. The average molecular weight is 492 g/mol. The first kappa shape index (κ1) is 23.3. The van der Waals surface area contributed by atoms with Crippen LogP contribution in [0.15, 0.2) is 17.4 Å². The predicted molar refractivity (Wildman–Crippen MR) is 92.5 cm³/mol. The topological polar surface area (TPSA) is 253 Å². The molecule has 2 aromatic heterocycles. The van der Waals surface area contributed by atoms with Crippen LogP contribution in [0.2, 0.25) is 0 Å². The lowest BCUT2D eigenvalue weighted by molar-refractivity contribution is -0.0481. The molecule has 5 atom stereocenters. The maximum Gasteiger partial charge on any atom is 0.490 e.